The average Bonchev–Trinajstić information content (AvgIpc) is 3.29. The van der Waals surface area contributed by atoms with E-state index in [4.69, 9.17) is 18.9 Å². The van der Waals surface area contributed by atoms with Crippen molar-refractivity contribution in [1.82, 2.24) is 0 Å². The molecule has 166 valence electrons. The van der Waals surface area contributed by atoms with Crippen molar-refractivity contribution < 1.29 is 28.5 Å². The van der Waals surface area contributed by atoms with E-state index in [1.54, 1.807) is 6.26 Å². The van der Waals surface area contributed by atoms with Crippen molar-refractivity contribution in [2.75, 3.05) is 0 Å². The Morgan fingerprint density at radius 2 is 2.00 bits per heavy atom. The molecule has 0 radical (unpaired) electrons. The fraction of sp³-hybridized carbons (Fsp3) is 0.667. The van der Waals surface area contributed by atoms with Crippen molar-refractivity contribution in [2.45, 2.75) is 90.8 Å². The smallest absolute Gasteiger partial charge is 0.305 e. The van der Waals surface area contributed by atoms with E-state index in [0.29, 0.717) is 6.42 Å². The molecule has 1 saturated heterocycles. The normalized spacial score (nSPS) is 33.8. The number of fused-ring (bicyclic) bond motifs is 2. The maximum absolute atomic E-state index is 11.8. The summed E-state index contributed by atoms with van der Waals surface area (Å²) < 4.78 is 23.1. The minimum Gasteiger partial charge on any atom is -0.462 e. The van der Waals surface area contributed by atoms with Crippen LogP contribution >= 0.6 is 0 Å². The second-order valence-electron chi connectivity index (χ2n) is 9.13. The molecule has 0 unspecified atom stereocenters. The van der Waals surface area contributed by atoms with Gasteiger partial charge in [0.2, 0.25) is 6.29 Å². The molecule has 0 aromatic rings. The van der Waals surface area contributed by atoms with Gasteiger partial charge in [0.05, 0.1) is 23.9 Å². The molecular formula is C24H34O6. The molecular weight excluding hydrogens is 384 g/mol. The first-order valence-electron chi connectivity index (χ1n) is 10.8. The van der Waals surface area contributed by atoms with Gasteiger partial charge in [-0.05, 0) is 46.5 Å². The van der Waals surface area contributed by atoms with Gasteiger partial charge in [0.1, 0.15) is 6.10 Å². The van der Waals surface area contributed by atoms with Crippen molar-refractivity contribution in [2.24, 2.45) is 11.8 Å². The monoisotopic (exact) mass is 418 g/mol. The predicted molar refractivity (Wildman–Crippen MR) is 112 cm³/mol. The summed E-state index contributed by atoms with van der Waals surface area (Å²) in [6.07, 6.45) is 6.74. The molecule has 3 rings (SSSR count). The maximum Gasteiger partial charge on any atom is 0.305 e. The van der Waals surface area contributed by atoms with Gasteiger partial charge in [-0.2, -0.15) is 0 Å². The molecule has 6 atom stereocenters. The summed E-state index contributed by atoms with van der Waals surface area (Å²) in [5.74, 6) is -0.909. The minimum absolute atomic E-state index is 0.00899. The molecule has 6 heteroatoms. The van der Waals surface area contributed by atoms with Gasteiger partial charge >= 0.3 is 11.9 Å². The highest BCUT2D eigenvalue weighted by molar-refractivity contribution is 5.67. The number of epoxide rings is 1. The van der Waals surface area contributed by atoms with Crippen LogP contribution in [0.3, 0.4) is 0 Å². The molecule has 0 N–H and O–H groups in total. The Kier molecular flexibility index (Phi) is 6.75. The maximum atomic E-state index is 11.8. The van der Waals surface area contributed by atoms with E-state index >= 15 is 0 Å². The lowest BCUT2D eigenvalue weighted by molar-refractivity contribution is -0.181. The molecule has 2 aliphatic heterocycles. The average molecular weight is 419 g/mol. The van der Waals surface area contributed by atoms with Gasteiger partial charge in [0.25, 0.3) is 0 Å². The van der Waals surface area contributed by atoms with E-state index in [-0.39, 0.29) is 35.5 Å². The zero-order valence-electron chi connectivity index (χ0n) is 18.7. The van der Waals surface area contributed by atoms with E-state index in [1.165, 1.54) is 13.8 Å². The van der Waals surface area contributed by atoms with Gasteiger partial charge in [0, 0.05) is 31.8 Å². The number of rotatable bonds is 5. The van der Waals surface area contributed by atoms with Crippen LogP contribution in [0.2, 0.25) is 0 Å². The number of hydrogen-bond acceptors (Lipinski definition) is 6. The van der Waals surface area contributed by atoms with Crippen LogP contribution in [-0.2, 0) is 28.5 Å². The Labute approximate surface area is 179 Å². The van der Waals surface area contributed by atoms with Crippen LogP contribution in [0.25, 0.3) is 0 Å². The summed E-state index contributed by atoms with van der Waals surface area (Å²) in [5.41, 5.74) is 2.94. The lowest BCUT2D eigenvalue weighted by atomic mass is 9.74. The SMILES string of the molecule is C=C1CC[C@@H]2O[C@@]2(C)CC[C@@H]2C([C@@H](CC=C(C)C)OC(C)=O)=CO[C@@H](OC(C)=O)[C@@H]12. The van der Waals surface area contributed by atoms with Crippen LogP contribution in [0.5, 0.6) is 0 Å². The fourth-order valence-corrected chi connectivity index (χ4v) is 4.71. The van der Waals surface area contributed by atoms with Crippen LogP contribution < -0.4 is 0 Å². The van der Waals surface area contributed by atoms with E-state index in [1.807, 2.05) is 13.8 Å². The Morgan fingerprint density at radius 1 is 1.27 bits per heavy atom. The van der Waals surface area contributed by atoms with Crippen molar-refractivity contribution in [3.05, 3.63) is 35.6 Å². The molecule has 1 saturated carbocycles. The summed E-state index contributed by atoms with van der Waals surface area (Å²) in [6, 6.07) is 0. The summed E-state index contributed by atoms with van der Waals surface area (Å²) >= 11 is 0. The highest BCUT2D eigenvalue weighted by Gasteiger charge is 2.54. The van der Waals surface area contributed by atoms with Crippen LogP contribution in [-0.4, -0.2) is 36.0 Å². The molecule has 2 heterocycles. The van der Waals surface area contributed by atoms with Gasteiger partial charge < -0.3 is 18.9 Å². The zero-order valence-corrected chi connectivity index (χ0v) is 18.7. The molecule has 6 nitrogen and oxygen atoms in total. The number of carbonyl (C=O) groups is 2. The first-order valence-corrected chi connectivity index (χ1v) is 10.8. The molecule has 3 aliphatic rings. The second-order valence-corrected chi connectivity index (χ2v) is 9.13. The summed E-state index contributed by atoms with van der Waals surface area (Å²) in [5, 5.41) is 0. The van der Waals surface area contributed by atoms with Crippen LogP contribution in [0, 0.1) is 11.8 Å². The third kappa shape index (κ3) is 5.15. The Morgan fingerprint density at radius 3 is 2.63 bits per heavy atom. The molecule has 0 aromatic heterocycles. The highest BCUT2D eigenvalue weighted by Crippen LogP contribution is 2.50. The van der Waals surface area contributed by atoms with Gasteiger partial charge in [0.15, 0.2) is 0 Å². The van der Waals surface area contributed by atoms with Crippen LogP contribution in [0.15, 0.2) is 35.6 Å². The van der Waals surface area contributed by atoms with E-state index in [9.17, 15) is 9.59 Å². The van der Waals surface area contributed by atoms with E-state index < -0.39 is 12.4 Å². The fourth-order valence-electron chi connectivity index (χ4n) is 4.71. The van der Waals surface area contributed by atoms with Gasteiger partial charge in [-0.3, -0.25) is 9.59 Å². The first kappa shape index (κ1) is 22.6. The Balaban J connectivity index is 1.96. The van der Waals surface area contributed by atoms with Crippen LogP contribution in [0.1, 0.15) is 66.7 Å². The molecule has 1 aliphatic carbocycles. The van der Waals surface area contributed by atoms with Crippen molar-refractivity contribution in [1.29, 1.82) is 0 Å². The zero-order chi connectivity index (χ0) is 22.1. The number of hydrogen-bond donors (Lipinski definition) is 0. The van der Waals surface area contributed by atoms with Crippen LogP contribution in [0.4, 0.5) is 0 Å². The summed E-state index contributed by atoms with van der Waals surface area (Å²) in [4.78, 5) is 23.6. The molecule has 2 fully saturated rings. The van der Waals surface area contributed by atoms with E-state index in [0.717, 1.165) is 42.4 Å². The highest BCUT2D eigenvalue weighted by atomic mass is 16.7. The number of esters is 2. The third-order valence-electron chi connectivity index (χ3n) is 6.38. The third-order valence-corrected chi connectivity index (χ3v) is 6.38. The van der Waals surface area contributed by atoms with Gasteiger partial charge in [-0.1, -0.05) is 23.8 Å². The molecule has 0 spiro atoms. The number of allylic oxidation sites excluding steroid dienone is 1. The molecule has 0 amide bonds. The Bertz CT molecular complexity index is 762. The quantitative estimate of drug-likeness (QED) is 0.369. The topological polar surface area (TPSA) is 74.4 Å². The Hall–Kier alpha value is -2.08. The van der Waals surface area contributed by atoms with Gasteiger partial charge in [-0.25, -0.2) is 0 Å². The second kappa shape index (κ2) is 8.96. The standard InChI is InChI=1S/C24H34O6/c1-14(2)7-9-20(28-16(4)25)19-13-27-23(29-17(5)26)22-15(3)8-10-21-24(6,30-21)12-11-18(19)22/h7,13,18,20-23H,3,8-12H2,1-2,4-6H3/t18-,20-,21+,22+,23+,24+/m1/s1. The lowest BCUT2D eigenvalue weighted by Gasteiger charge is -2.40. The van der Waals surface area contributed by atoms with E-state index in [2.05, 4.69) is 19.6 Å². The predicted octanol–water partition coefficient (Wildman–Crippen LogP) is 4.60. The molecule has 0 aromatic carbocycles. The van der Waals surface area contributed by atoms with Gasteiger partial charge in [-0.15, -0.1) is 0 Å². The summed E-state index contributed by atoms with van der Waals surface area (Å²) in [7, 11) is 0. The minimum atomic E-state index is -0.715. The van der Waals surface area contributed by atoms with Crippen molar-refractivity contribution in [3.8, 4) is 0 Å². The van der Waals surface area contributed by atoms with Crippen molar-refractivity contribution in [3.63, 3.8) is 0 Å². The first-order chi connectivity index (χ1) is 14.1. The number of ether oxygens (including phenoxy) is 4. The molecule has 30 heavy (non-hydrogen) atoms. The summed E-state index contributed by atoms with van der Waals surface area (Å²) in [6.45, 7) is 13.3. The van der Waals surface area contributed by atoms with Crippen molar-refractivity contribution >= 4 is 11.9 Å². The molecule has 0 bridgehead atoms. The number of carbonyl (C=O) groups excluding carboxylic acids is 2. The largest absolute Gasteiger partial charge is 0.462 e. The lowest BCUT2D eigenvalue weighted by Crippen LogP contribution is -2.41.